The SMILES string of the molecule is CC(C)(C)OC(=O)N1CCCC(Cc2cccc(C(=O)O)c2)C1. The van der Waals surface area contributed by atoms with Gasteiger partial charge < -0.3 is 14.7 Å². The Kier molecular flexibility index (Phi) is 5.29. The normalized spacial score (nSPS) is 18.6. The van der Waals surface area contributed by atoms with Crippen molar-refractivity contribution in [3.05, 3.63) is 35.4 Å². The number of carboxylic acids is 1. The second-order valence-electron chi connectivity index (χ2n) is 7.14. The van der Waals surface area contributed by atoms with E-state index in [1.165, 1.54) is 0 Å². The van der Waals surface area contributed by atoms with Crippen LogP contribution < -0.4 is 0 Å². The molecule has 126 valence electrons. The minimum Gasteiger partial charge on any atom is -0.478 e. The van der Waals surface area contributed by atoms with Crippen LogP contribution in [0, 0.1) is 5.92 Å². The van der Waals surface area contributed by atoms with Gasteiger partial charge in [0.15, 0.2) is 0 Å². The van der Waals surface area contributed by atoms with Gasteiger partial charge in [-0.05, 0) is 63.6 Å². The van der Waals surface area contributed by atoms with Gasteiger partial charge in [0.05, 0.1) is 5.56 Å². The maximum Gasteiger partial charge on any atom is 0.410 e. The molecule has 1 aromatic rings. The Bertz CT molecular complexity index is 577. The van der Waals surface area contributed by atoms with Gasteiger partial charge in [-0.15, -0.1) is 0 Å². The lowest BCUT2D eigenvalue weighted by atomic mass is 9.91. The number of amides is 1. The van der Waals surface area contributed by atoms with Gasteiger partial charge in [-0.1, -0.05) is 12.1 Å². The second-order valence-corrected chi connectivity index (χ2v) is 7.14. The lowest BCUT2D eigenvalue weighted by molar-refractivity contribution is 0.0166. The molecule has 5 nitrogen and oxygen atoms in total. The number of nitrogens with zero attached hydrogens (tertiary/aromatic N) is 1. The minimum atomic E-state index is -0.911. The van der Waals surface area contributed by atoms with Crippen molar-refractivity contribution in [1.82, 2.24) is 4.90 Å². The number of benzene rings is 1. The third-order valence-corrected chi connectivity index (χ3v) is 3.87. The Morgan fingerprint density at radius 1 is 1.35 bits per heavy atom. The number of piperidine rings is 1. The van der Waals surface area contributed by atoms with Crippen LogP contribution in [0.5, 0.6) is 0 Å². The fraction of sp³-hybridized carbons (Fsp3) is 0.556. The summed E-state index contributed by atoms with van der Waals surface area (Å²) in [5, 5.41) is 9.07. The zero-order valence-corrected chi connectivity index (χ0v) is 14.0. The molecule has 1 heterocycles. The summed E-state index contributed by atoms with van der Waals surface area (Å²) < 4.78 is 5.44. The number of ether oxygens (including phenoxy) is 1. The number of hydrogen-bond donors (Lipinski definition) is 1. The molecule has 1 aromatic carbocycles. The van der Waals surface area contributed by atoms with Crippen LogP contribution in [0.4, 0.5) is 4.79 Å². The number of carboxylic acid groups (broad SMARTS) is 1. The van der Waals surface area contributed by atoms with Crippen molar-refractivity contribution >= 4 is 12.1 Å². The summed E-state index contributed by atoms with van der Waals surface area (Å²) in [5.74, 6) is -0.578. The topological polar surface area (TPSA) is 66.8 Å². The minimum absolute atomic E-state index is 0.263. The van der Waals surface area contributed by atoms with Gasteiger partial charge in [0.25, 0.3) is 0 Å². The first-order valence-electron chi connectivity index (χ1n) is 8.05. The van der Waals surface area contributed by atoms with Crippen LogP contribution in [0.25, 0.3) is 0 Å². The van der Waals surface area contributed by atoms with Crippen molar-refractivity contribution in [3.63, 3.8) is 0 Å². The second kappa shape index (κ2) is 7.02. The van der Waals surface area contributed by atoms with Crippen molar-refractivity contribution in [2.45, 2.75) is 45.6 Å². The van der Waals surface area contributed by atoms with Gasteiger partial charge in [0.2, 0.25) is 0 Å². The third-order valence-electron chi connectivity index (χ3n) is 3.87. The van der Waals surface area contributed by atoms with E-state index < -0.39 is 11.6 Å². The zero-order valence-electron chi connectivity index (χ0n) is 14.0. The Hall–Kier alpha value is -2.04. The van der Waals surface area contributed by atoms with E-state index >= 15 is 0 Å². The van der Waals surface area contributed by atoms with Gasteiger partial charge >= 0.3 is 12.1 Å². The molecule has 1 unspecified atom stereocenters. The van der Waals surface area contributed by atoms with E-state index in [4.69, 9.17) is 9.84 Å². The van der Waals surface area contributed by atoms with E-state index in [1.807, 2.05) is 26.8 Å². The maximum absolute atomic E-state index is 12.2. The molecule has 5 heteroatoms. The Morgan fingerprint density at radius 3 is 2.74 bits per heavy atom. The van der Waals surface area contributed by atoms with E-state index in [-0.39, 0.29) is 6.09 Å². The number of rotatable bonds is 3. The molecule has 2 rings (SSSR count). The summed E-state index contributed by atoms with van der Waals surface area (Å²) in [5.41, 5.74) is 0.822. The first-order chi connectivity index (χ1) is 10.7. The largest absolute Gasteiger partial charge is 0.478 e. The smallest absolute Gasteiger partial charge is 0.410 e. The Balaban J connectivity index is 1.97. The highest BCUT2D eigenvalue weighted by Crippen LogP contribution is 2.23. The average molecular weight is 319 g/mol. The van der Waals surface area contributed by atoms with Crippen LogP contribution in [0.2, 0.25) is 0 Å². The number of hydrogen-bond acceptors (Lipinski definition) is 3. The lowest BCUT2D eigenvalue weighted by Gasteiger charge is -2.34. The molecule has 1 amide bonds. The molecule has 0 spiro atoms. The molecule has 1 N–H and O–H groups in total. The van der Waals surface area contributed by atoms with Crippen LogP contribution in [0.3, 0.4) is 0 Å². The average Bonchev–Trinajstić information content (AvgIpc) is 2.46. The first kappa shape index (κ1) is 17.3. The zero-order chi connectivity index (χ0) is 17.0. The fourth-order valence-electron chi connectivity index (χ4n) is 2.89. The number of carbonyl (C=O) groups excluding carboxylic acids is 1. The van der Waals surface area contributed by atoms with Crippen LogP contribution in [0.1, 0.15) is 49.5 Å². The summed E-state index contributed by atoms with van der Waals surface area (Å²) in [4.78, 5) is 25.0. The first-order valence-corrected chi connectivity index (χ1v) is 8.05. The standard InChI is InChI=1S/C18H25NO4/c1-18(2,3)23-17(22)19-9-5-7-14(12-19)10-13-6-4-8-15(11-13)16(20)21/h4,6,8,11,14H,5,7,9-10,12H2,1-3H3,(H,20,21). The van der Waals surface area contributed by atoms with Gasteiger partial charge in [-0.25, -0.2) is 9.59 Å². The molecule has 1 atom stereocenters. The van der Waals surface area contributed by atoms with Crippen molar-refractivity contribution in [2.75, 3.05) is 13.1 Å². The Morgan fingerprint density at radius 2 is 2.09 bits per heavy atom. The monoisotopic (exact) mass is 319 g/mol. The Labute approximate surface area is 137 Å². The lowest BCUT2D eigenvalue weighted by Crippen LogP contribution is -2.43. The fourth-order valence-corrected chi connectivity index (χ4v) is 2.89. The summed E-state index contributed by atoms with van der Waals surface area (Å²) in [7, 11) is 0. The van der Waals surface area contributed by atoms with Crippen molar-refractivity contribution in [2.24, 2.45) is 5.92 Å². The summed E-state index contributed by atoms with van der Waals surface area (Å²) in [6.07, 6.45) is 2.50. The number of aromatic carboxylic acids is 1. The molecule has 0 radical (unpaired) electrons. The summed E-state index contributed by atoms with van der Waals surface area (Å²) in [6.45, 7) is 6.98. The van der Waals surface area contributed by atoms with E-state index in [0.29, 0.717) is 18.0 Å². The van der Waals surface area contributed by atoms with Crippen molar-refractivity contribution in [1.29, 1.82) is 0 Å². The molecule has 1 saturated heterocycles. The van der Waals surface area contributed by atoms with Gasteiger partial charge in [-0.2, -0.15) is 0 Å². The van der Waals surface area contributed by atoms with Gasteiger partial charge in [0, 0.05) is 13.1 Å². The van der Waals surface area contributed by atoms with Gasteiger partial charge in [0.1, 0.15) is 5.60 Å². The molecule has 1 aliphatic rings. The highest BCUT2D eigenvalue weighted by molar-refractivity contribution is 5.87. The van der Waals surface area contributed by atoms with Crippen LogP contribution in [-0.2, 0) is 11.2 Å². The maximum atomic E-state index is 12.2. The van der Waals surface area contributed by atoms with Crippen LogP contribution in [-0.4, -0.2) is 40.8 Å². The molecule has 23 heavy (non-hydrogen) atoms. The highest BCUT2D eigenvalue weighted by Gasteiger charge is 2.27. The quantitative estimate of drug-likeness (QED) is 0.925. The molecule has 1 aliphatic heterocycles. The van der Waals surface area contributed by atoms with Crippen LogP contribution in [0.15, 0.2) is 24.3 Å². The molecule has 1 fully saturated rings. The molecule has 0 aliphatic carbocycles. The number of likely N-dealkylation sites (tertiary alicyclic amines) is 1. The summed E-state index contributed by atoms with van der Waals surface area (Å²) >= 11 is 0. The molecule has 0 bridgehead atoms. The molecular formula is C18H25NO4. The molecular weight excluding hydrogens is 294 g/mol. The van der Waals surface area contributed by atoms with Crippen molar-refractivity contribution < 1.29 is 19.4 Å². The number of carbonyl (C=O) groups is 2. The van der Waals surface area contributed by atoms with E-state index in [0.717, 1.165) is 31.4 Å². The van der Waals surface area contributed by atoms with E-state index in [9.17, 15) is 9.59 Å². The van der Waals surface area contributed by atoms with E-state index in [2.05, 4.69) is 0 Å². The molecule has 0 saturated carbocycles. The predicted molar refractivity (Wildman–Crippen MR) is 87.6 cm³/mol. The van der Waals surface area contributed by atoms with Crippen molar-refractivity contribution in [3.8, 4) is 0 Å². The summed E-state index contributed by atoms with van der Waals surface area (Å²) in [6, 6.07) is 7.03. The van der Waals surface area contributed by atoms with E-state index in [1.54, 1.807) is 23.1 Å². The highest BCUT2D eigenvalue weighted by atomic mass is 16.6. The van der Waals surface area contributed by atoms with Crippen LogP contribution >= 0.6 is 0 Å². The third kappa shape index (κ3) is 5.27. The predicted octanol–water partition coefficient (Wildman–Crippen LogP) is 3.57. The van der Waals surface area contributed by atoms with Gasteiger partial charge in [-0.3, -0.25) is 0 Å². The molecule has 0 aromatic heterocycles.